The zero-order valence-electron chi connectivity index (χ0n) is 17.0. The van der Waals surface area contributed by atoms with Crippen LogP contribution in [0.15, 0.2) is 30.5 Å². The van der Waals surface area contributed by atoms with Crippen molar-refractivity contribution in [3.05, 3.63) is 36.0 Å². The van der Waals surface area contributed by atoms with Crippen molar-refractivity contribution in [2.45, 2.75) is 32.1 Å². The molecule has 0 atom stereocenters. The molecule has 6 heteroatoms. The highest BCUT2D eigenvalue weighted by atomic mass is 16.2. The predicted molar refractivity (Wildman–Crippen MR) is 115 cm³/mol. The summed E-state index contributed by atoms with van der Waals surface area (Å²) in [4.78, 5) is 23.8. The highest BCUT2D eigenvalue weighted by Gasteiger charge is 2.23. The number of benzene rings is 1. The van der Waals surface area contributed by atoms with Crippen LogP contribution >= 0.6 is 0 Å². The zero-order chi connectivity index (χ0) is 20.1. The third-order valence-electron chi connectivity index (χ3n) is 6.15. The normalized spacial score (nSPS) is 18.0. The molecule has 1 aromatic heterocycles. The number of hydrogen-bond acceptors (Lipinski definition) is 5. The summed E-state index contributed by atoms with van der Waals surface area (Å²) in [5.74, 6) is 0.285. The molecular formula is C23H29N5O. The second kappa shape index (κ2) is 9.23. The summed E-state index contributed by atoms with van der Waals surface area (Å²) in [6, 6.07) is 10.0. The monoisotopic (exact) mass is 391 g/mol. The van der Waals surface area contributed by atoms with Gasteiger partial charge < -0.3 is 14.7 Å². The summed E-state index contributed by atoms with van der Waals surface area (Å²) in [6.07, 6.45) is 7.30. The van der Waals surface area contributed by atoms with Crippen molar-refractivity contribution < 1.29 is 4.79 Å². The number of carbonyl (C=O) groups is 1. The smallest absolute Gasteiger partial charge is 0.222 e. The van der Waals surface area contributed by atoms with Crippen LogP contribution in [0, 0.1) is 11.3 Å². The van der Waals surface area contributed by atoms with Crippen LogP contribution in [0.1, 0.15) is 37.7 Å². The van der Waals surface area contributed by atoms with Gasteiger partial charge in [0.05, 0.1) is 11.1 Å². The number of pyridine rings is 1. The minimum Gasteiger partial charge on any atom is -0.367 e. The van der Waals surface area contributed by atoms with Crippen LogP contribution in [0.5, 0.6) is 0 Å². The van der Waals surface area contributed by atoms with Gasteiger partial charge in [-0.05, 0) is 63.2 Å². The summed E-state index contributed by atoms with van der Waals surface area (Å²) in [5, 5.41) is 10.3. The lowest BCUT2D eigenvalue weighted by atomic mass is 10.1. The molecule has 0 radical (unpaired) electrons. The molecule has 29 heavy (non-hydrogen) atoms. The minimum atomic E-state index is 0.285. The van der Waals surface area contributed by atoms with Crippen LogP contribution in [0.2, 0.25) is 0 Å². The molecule has 1 aromatic carbocycles. The van der Waals surface area contributed by atoms with Crippen molar-refractivity contribution in [2.75, 3.05) is 50.7 Å². The van der Waals surface area contributed by atoms with Crippen LogP contribution in [0.25, 0.3) is 10.9 Å². The lowest BCUT2D eigenvalue weighted by Crippen LogP contribution is -2.49. The van der Waals surface area contributed by atoms with E-state index in [9.17, 15) is 10.1 Å². The van der Waals surface area contributed by atoms with Crippen LogP contribution in [-0.4, -0.2) is 66.5 Å². The van der Waals surface area contributed by atoms with Gasteiger partial charge in [0.15, 0.2) is 0 Å². The Bertz CT molecular complexity index is 892. The van der Waals surface area contributed by atoms with Crippen LogP contribution in [-0.2, 0) is 4.79 Å². The Morgan fingerprint density at radius 2 is 1.83 bits per heavy atom. The number of likely N-dealkylation sites (tertiary alicyclic amines) is 1. The number of piperazine rings is 1. The van der Waals surface area contributed by atoms with Crippen LogP contribution in [0.3, 0.4) is 0 Å². The third-order valence-corrected chi connectivity index (χ3v) is 6.15. The van der Waals surface area contributed by atoms with E-state index in [0.29, 0.717) is 12.0 Å². The summed E-state index contributed by atoms with van der Waals surface area (Å²) >= 11 is 0. The Labute approximate surface area is 172 Å². The van der Waals surface area contributed by atoms with E-state index in [2.05, 4.69) is 20.9 Å². The van der Waals surface area contributed by atoms with Crippen molar-refractivity contribution in [2.24, 2.45) is 0 Å². The predicted octanol–water partition coefficient (Wildman–Crippen LogP) is 3.02. The van der Waals surface area contributed by atoms with E-state index in [1.807, 2.05) is 29.2 Å². The maximum atomic E-state index is 12.6. The van der Waals surface area contributed by atoms with Crippen molar-refractivity contribution in [1.29, 1.82) is 5.26 Å². The second-order valence-corrected chi connectivity index (χ2v) is 8.02. The van der Waals surface area contributed by atoms with Gasteiger partial charge in [0.2, 0.25) is 5.91 Å². The number of anilines is 1. The molecule has 4 rings (SSSR count). The second-order valence-electron chi connectivity index (χ2n) is 8.02. The third kappa shape index (κ3) is 4.51. The molecular weight excluding hydrogens is 362 g/mol. The fourth-order valence-electron chi connectivity index (χ4n) is 4.52. The van der Waals surface area contributed by atoms with Gasteiger partial charge in [-0.15, -0.1) is 0 Å². The molecule has 0 saturated carbocycles. The molecule has 0 N–H and O–H groups in total. The molecule has 6 nitrogen and oxygen atoms in total. The van der Waals surface area contributed by atoms with Gasteiger partial charge in [-0.3, -0.25) is 9.78 Å². The lowest BCUT2D eigenvalue weighted by molar-refractivity contribution is -0.131. The molecule has 2 aromatic rings. The average molecular weight is 392 g/mol. The van der Waals surface area contributed by atoms with Gasteiger partial charge in [-0.1, -0.05) is 6.42 Å². The first-order valence-electron chi connectivity index (χ1n) is 10.8. The van der Waals surface area contributed by atoms with Gasteiger partial charge in [-0.2, -0.15) is 5.26 Å². The number of amides is 1. The molecule has 2 fully saturated rings. The maximum absolute atomic E-state index is 12.6. The Hall–Kier alpha value is -2.65. The molecule has 0 aliphatic carbocycles. The molecule has 0 bridgehead atoms. The Morgan fingerprint density at radius 3 is 2.59 bits per heavy atom. The quantitative estimate of drug-likeness (QED) is 0.784. The Balaban J connectivity index is 1.32. The summed E-state index contributed by atoms with van der Waals surface area (Å²) < 4.78 is 0. The van der Waals surface area contributed by atoms with Crippen LogP contribution in [0.4, 0.5) is 5.69 Å². The van der Waals surface area contributed by atoms with E-state index >= 15 is 0 Å². The fourth-order valence-corrected chi connectivity index (χ4v) is 4.52. The number of rotatable bonds is 5. The van der Waals surface area contributed by atoms with Crippen molar-refractivity contribution in [3.8, 4) is 6.07 Å². The SMILES string of the molecule is N#Cc1ccc(N2CCN(C(=O)CCCN3CCCCC3)CC2)c2cccnc12. The van der Waals surface area contributed by atoms with Crippen molar-refractivity contribution >= 4 is 22.5 Å². The Kier molecular flexibility index (Phi) is 6.26. The number of piperidine rings is 1. The Morgan fingerprint density at radius 1 is 1.03 bits per heavy atom. The molecule has 0 spiro atoms. The van der Waals surface area contributed by atoms with E-state index in [-0.39, 0.29) is 5.91 Å². The first kappa shape index (κ1) is 19.7. The van der Waals surface area contributed by atoms with E-state index in [1.165, 1.54) is 32.4 Å². The number of fused-ring (bicyclic) bond motifs is 1. The molecule has 152 valence electrons. The number of aromatic nitrogens is 1. The molecule has 2 aliphatic rings. The number of nitriles is 1. The number of nitrogens with zero attached hydrogens (tertiary/aromatic N) is 5. The highest BCUT2D eigenvalue weighted by molar-refractivity contribution is 5.95. The van der Waals surface area contributed by atoms with Gasteiger partial charge in [0.1, 0.15) is 6.07 Å². The molecule has 1 amide bonds. The van der Waals surface area contributed by atoms with Gasteiger partial charge in [-0.25, -0.2) is 0 Å². The zero-order valence-corrected chi connectivity index (χ0v) is 17.0. The van der Waals surface area contributed by atoms with E-state index in [0.717, 1.165) is 55.7 Å². The van der Waals surface area contributed by atoms with Gasteiger partial charge in [0, 0.05) is 49.9 Å². The standard InChI is InChI=1S/C23H29N5O/c24-18-19-8-9-21(20-6-4-10-25-23(19)20)27-14-16-28(17-15-27)22(29)7-5-13-26-11-2-1-3-12-26/h4,6,8-10H,1-3,5,7,11-17H2. The maximum Gasteiger partial charge on any atom is 0.222 e. The topological polar surface area (TPSA) is 63.5 Å². The molecule has 0 unspecified atom stereocenters. The van der Waals surface area contributed by atoms with E-state index in [4.69, 9.17) is 0 Å². The summed E-state index contributed by atoms with van der Waals surface area (Å²) in [5.41, 5.74) is 2.46. The fraction of sp³-hybridized carbons (Fsp3) is 0.522. The van der Waals surface area contributed by atoms with Crippen molar-refractivity contribution in [1.82, 2.24) is 14.8 Å². The number of hydrogen-bond donors (Lipinski definition) is 0. The van der Waals surface area contributed by atoms with E-state index in [1.54, 1.807) is 6.20 Å². The summed E-state index contributed by atoms with van der Waals surface area (Å²) in [7, 11) is 0. The van der Waals surface area contributed by atoms with Crippen LogP contribution < -0.4 is 4.90 Å². The highest BCUT2D eigenvalue weighted by Crippen LogP contribution is 2.28. The van der Waals surface area contributed by atoms with Crippen molar-refractivity contribution in [3.63, 3.8) is 0 Å². The average Bonchev–Trinajstić information content (AvgIpc) is 2.79. The van der Waals surface area contributed by atoms with Gasteiger partial charge in [0.25, 0.3) is 0 Å². The first-order valence-corrected chi connectivity index (χ1v) is 10.8. The molecule has 2 saturated heterocycles. The molecule has 3 heterocycles. The minimum absolute atomic E-state index is 0.285. The number of carbonyl (C=O) groups excluding carboxylic acids is 1. The summed E-state index contributed by atoms with van der Waals surface area (Å²) in [6.45, 7) is 6.58. The molecule has 2 aliphatic heterocycles. The van der Waals surface area contributed by atoms with Gasteiger partial charge >= 0.3 is 0 Å². The first-order chi connectivity index (χ1) is 14.3. The van der Waals surface area contributed by atoms with E-state index < -0.39 is 0 Å². The largest absolute Gasteiger partial charge is 0.367 e. The lowest BCUT2D eigenvalue weighted by Gasteiger charge is -2.37.